The highest BCUT2D eigenvalue weighted by Gasteiger charge is 2.54. The third-order valence-electron chi connectivity index (χ3n) is 5.24. The van der Waals surface area contributed by atoms with Crippen molar-refractivity contribution in [2.24, 2.45) is 0 Å². The van der Waals surface area contributed by atoms with Gasteiger partial charge in [0.05, 0.1) is 18.2 Å². The Balaban J connectivity index is 1.94. The summed E-state index contributed by atoms with van der Waals surface area (Å²) in [5.74, 6) is -0.0511. The normalized spacial score (nSPS) is 19.6. The molecule has 0 spiro atoms. The number of furan rings is 1. The molecule has 1 saturated heterocycles. The quantitative estimate of drug-likeness (QED) is 0.735. The minimum Gasteiger partial charge on any atom is -0.467 e. The lowest BCUT2D eigenvalue weighted by Gasteiger charge is -2.30. The summed E-state index contributed by atoms with van der Waals surface area (Å²) >= 11 is 0. The van der Waals surface area contributed by atoms with E-state index in [9.17, 15) is 14.4 Å². The van der Waals surface area contributed by atoms with Crippen molar-refractivity contribution in [3.8, 4) is 0 Å². The first-order valence-electron chi connectivity index (χ1n) is 9.06. The molecule has 0 bridgehead atoms. The summed E-state index contributed by atoms with van der Waals surface area (Å²) in [5.41, 5.74) is 0.504. The number of carbonyl (C=O) groups excluding carboxylic acids is 3. The third kappa shape index (κ3) is 3.39. The molecule has 1 aliphatic rings. The van der Waals surface area contributed by atoms with Crippen LogP contribution in [0, 0.1) is 6.92 Å². The van der Waals surface area contributed by atoms with Crippen LogP contribution in [-0.2, 0) is 26.3 Å². The summed E-state index contributed by atoms with van der Waals surface area (Å²) in [7, 11) is 1.68. The second-order valence-corrected chi connectivity index (χ2v) is 7.02. The standard InChI is InChI=1S/C21H24N2O4/c1-4-23-19(25)13-21(20(23)26,17-10-6-5-8-15(17)2)12-18(24)22(3)14-16-9-7-11-27-16/h5-11H,4,12-14H2,1-3H3. The molecule has 1 aromatic carbocycles. The van der Waals surface area contributed by atoms with Crippen LogP contribution in [0.1, 0.15) is 36.7 Å². The predicted octanol–water partition coefficient (Wildman–Crippen LogP) is 2.65. The van der Waals surface area contributed by atoms with E-state index in [2.05, 4.69) is 0 Å². The molecule has 142 valence electrons. The van der Waals surface area contributed by atoms with Gasteiger partial charge >= 0.3 is 0 Å². The molecule has 1 atom stereocenters. The van der Waals surface area contributed by atoms with Gasteiger partial charge in [0.1, 0.15) is 5.76 Å². The smallest absolute Gasteiger partial charge is 0.240 e. The van der Waals surface area contributed by atoms with Crippen LogP contribution in [0.15, 0.2) is 47.1 Å². The van der Waals surface area contributed by atoms with Crippen molar-refractivity contribution in [3.63, 3.8) is 0 Å². The molecule has 3 amide bonds. The lowest BCUT2D eigenvalue weighted by atomic mass is 9.74. The highest BCUT2D eigenvalue weighted by atomic mass is 16.3. The number of rotatable bonds is 6. The van der Waals surface area contributed by atoms with Gasteiger partial charge < -0.3 is 9.32 Å². The van der Waals surface area contributed by atoms with Crippen molar-refractivity contribution in [2.75, 3.05) is 13.6 Å². The van der Waals surface area contributed by atoms with Crippen LogP contribution in [-0.4, -0.2) is 41.1 Å². The van der Waals surface area contributed by atoms with E-state index in [0.29, 0.717) is 18.8 Å². The highest BCUT2D eigenvalue weighted by Crippen LogP contribution is 2.41. The zero-order chi connectivity index (χ0) is 19.6. The van der Waals surface area contributed by atoms with Gasteiger partial charge in [0.2, 0.25) is 17.7 Å². The highest BCUT2D eigenvalue weighted by molar-refractivity contribution is 6.10. The Morgan fingerprint density at radius 2 is 1.96 bits per heavy atom. The third-order valence-corrected chi connectivity index (χ3v) is 5.24. The largest absolute Gasteiger partial charge is 0.467 e. The summed E-state index contributed by atoms with van der Waals surface area (Å²) < 4.78 is 5.30. The molecule has 2 aromatic rings. The number of nitrogens with zero attached hydrogens (tertiary/aromatic N) is 2. The molecule has 6 heteroatoms. The zero-order valence-electron chi connectivity index (χ0n) is 15.9. The second-order valence-electron chi connectivity index (χ2n) is 7.02. The predicted molar refractivity (Wildman–Crippen MR) is 99.7 cm³/mol. The van der Waals surface area contributed by atoms with Crippen LogP contribution in [0.25, 0.3) is 0 Å². The number of likely N-dealkylation sites (N-methyl/N-ethyl adjacent to an activating group) is 1. The maximum absolute atomic E-state index is 13.2. The van der Waals surface area contributed by atoms with E-state index in [1.165, 1.54) is 9.80 Å². The molecule has 0 aliphatic carbocycles. The summed E-state index contributed by atoms with van der Waals surface area (Å²) in [6, 6.07) is 11.0. The van der Waals surface area contributed by atoms with Crippen LogP contribution in [0.4, 0.5) is 0 Å². The Morgan fingerprint density at radius 1 is 1.22 bits per heavy atom. The van der Waals surface area contributed by atoms with Gasteiger partial charge in [0.15, 0.2) is 0 Å². The monoisotopic (exact) mass is 368 g/mol. The first-order chi connectivity index (χ1) is 12.9. The SMILES string of the molecule is CCN1C(=O)CC(CC(=O)N(C)Cc2ccco2)(c2ccccc2C)C1=O. The average molecular weight is 368 g/mol. The molecule has 0 saturated carbocycles. The molecule has 0 N–H and O–H groups in total. The van der Waals surface area contributed by atoms with E-state index in [1.54, 1.807) is 32.4 Å². The second kappa shape index (κ2) is 7.39. The number of likely N-dealkylation sites (tertiary alicyclic amines) is 1. The number of imide groups is 1. The van der Waals surface area contributed by atoms with E-state index in [4.69, 9.17) is 4.42 Å². The molecule has 1 fully saturated rings. The van der Waals surface area contributed by atoms with Crippen molar-refractivity contribution in [3.05, 3.63) is 59.5 Å². The summed E-state index contributed by atoms with van der Waals surface area (Å²) in [5, 5.41) is 0. The number of carbonyl (C=O) groups is 3. The van der Waals surface area contributed by atoms with Gasteiger partial charge in [-0.25, -0.2) is 0 Å². The number of hydrogen-bond acceptors (Lipinski definition) is 4. The van der Waals surface area contributed by atoms with Crippen LogP contribution in [0.2, 0.25) is 0 Å². The van der Waals surface area contributed by atoms with Crippen molar-refractivity contribution in [2.45, 2.75) is 38.6 Å². The van der Waals surface area contributed by atoms with Crippen LogP contribution >= 0.6 is 0 Å². The summed E-state index contributed by atoms with van der Waals surface area (Å²) in [4.78, 5) is 41.5. The molecule has 1 unspecified atom stereocenters. The maximum atomic E-state index is 13.2. The van der Waals surface area contributed by atoms with Crippen molar-refractivity contribution >= 4 is 17.7 Å². The van der Waals surface area contributed by atoms with E-state index in [0.717, 1.165) is 11.1 Å². The molecule has 27 heavy (non-hydrogen) atoms. The fourth-order valence-corrected chi connectivity index (χ4v) is 3.79. The molecule has 0 radical (unpaired) electrons. The summed E-state index contributed by atoms with van der Waals surface area (Å²) in [6.07, 6.45) is 1.53. The Morgan fingerprint density at radius 3 is 2.56 bits per heavy atom. The number of aryl methyl sites for hydroxylation is 1. The number of amides is 3. The number of hydrogen-bond donors (Lipinski definition) is 0. The van der Waals surface area contributed by atoms with Gasteiger partial charge in [-0.1, -0.05) is 24.3 Å². The minimum absolute atomic E-state index is 0.0187. The maximum Gasteiger partial charge on any atom is 0.240 e. The van der Waals surface area contributed by atoms with Gasteiger partial charge in [0, 0.05) is 26.4 Å². The van der Waals surface area contributed by atoms with Crippen molar-refractivity contribution in [1.29, 1.82) is 0 Å². The number of benzene rings is 1. The average Bonchev–Trinajstić information content (AvgIpc) is 3.22. The van der Waals surface area contributed by atoms with Crippen LogP contribution in [0.3, 0.4) is 0 Å². The minimum atomic E-state index is -1.15. The molecule has 6 nitrogen and oxygen atoms in total. The van der Waals surface area contributed by atoms with Gasteiger partial charge in [0.25, 0.3) is 0 Å². The van der Waals surface area contributed by atoms with Crippen LogP contribution in [0.5, 0.6) is 0 Å². The lowest BCUT2D eigenvalue weighted by molar-refractivity contribution is -0.142. The first kappa shape index (κ1) is 18.9. The van der Waals surface area contributed by atoms with E-state index < -0.39 is 5.41 Å². The molecular weight excluding hydrogens is 344 g/mol. The topological polar surface area (TPSA) is 70.8 Å². The molecular formula is C21H24N2O4. The lowest BCUT2D eigenvalue weighted by Crippen LogP contribution is -2.43. The van der Waals surface area contributed by atoms with Crippen LogP contribution < -0.4 is 0 Å². The Bertz CT molecular complexity index is 859. The Kier molecular flexibility index (Phi) is 5.17. The Hall–Kier alpha value is -2.89. The van der Waals surface area contributed by atoms with E-state index in [-0.39, 0.29) is 30.6 Å². The summed E-state index contributed by atoms with van der Waals surface area (Å²) in [6.45, 7) is 4.30. The van der Waals surface area contributed by atoms with E-state index >= 15 is 0 Å². The molecule has 1 aliphatic heterocycles. The van der Waals surface area contributed by atoms with Gasteiger partial charge in [-0.2, -0.15) is 0 Å². The van der Waals surface area contributed by atoms with Gasteiger partial charge in [-0.3, -0.25) is 19.3 Å². The Labute approximate surface area is 158 Å². The molecule has 1 aromatic heterocycles. The fraction of sp³-hybridized carbons (Fsp3) is 0.381. The first-order valence-corrected chi connectivity index (χ1v) is 9.06. The zero-order valence-corrected chi connectivity index (χ0v) is 15.9. The van der Waals surface area contributed by atoms with Gasteiger partial charge in [-0.15, -0.1) is 0 Å². The van der Waals surface area contributed by atoms with E-state index in [1.807, 2.05) is 31.2 Å². The molecule has 2 heterocycles. The van der Waals surface area contributed by atoms with Crippen molar-refractivity contribution < 1.29 is 18.8 Å². The van der Waals surface area contributed by atoms with Gasteiger partial charge in [-0.05, 0) is 37.1 Å². The fourth-order valence-electron chi connectivity index (χ4n) is 3.79. The van der Waals surface area contributed by atoms with Crippen molar-refractivity contribution in [1.82, 2.24) is 9.80 Å². The molecule has 3 rings (SSSR count).